The van der Waals surface area contributed by atoms with Crippen molar-refractivity contribution < 1.29 is 9.90 Å². The van der Waals surface area contributed by atoms with E-state index in [0.717, 1.165) is 22.3 Å². The van der Waals surface area contributed by atoms with Gasteiger partial charge in [-0.3, -0.25) is 4.79 Å². The van der Waals surface area contributed by atoms with Gasteiger partial charge in [0.15, 0.2) is 0 Å². The summed E-state index contributed by atoms with van der Waals surface area (Å²) >= 11 is 0. The molecule has 1 heterocycles. The molecule has 78 valence electrons. The Labute approximate surface area is 86.9 Å². The molecule has 0 radical (unpaired) electrons. The fourth-order valence-electron chi connectivity index (χ4n) is 1.62. The van der Waals surface area contributed by atoms with Crippen LogP contribution < -0.4 is 5.32 Å². The maximum absolute atomic E-state index is 11.1. The van der Waals surface area contributed by atoms with Crippen molar-refractivity contribution in [1.29, 1.82) is 0 Å². The number of carbonyl (C=O) groups is 1. The van der Waals surface area contributed by atoms with E-state index in [2.05, 4.69) is 10.3 Å². The Morgan fingerprint density at radius 3 is 2.93 bits per heavy atom. The van der Waals surface area contributed by atoms with Gasteiger partial charge >= 0.3 is 0 Å². The van der Waals surface area contributed by atoms with E-state index in [0.29, 0.717) is 0 Å². The number of aliphatic hydroxyl groups is 1. The number of aromatic nitrogens is 1. The van der Waals surface area contributed by atoms with Crippen molar-refractivity contribution in [3.05, 3.63) is 30.0 Å². The summed E-state index contributed by atoms with van der Waals surface area (Å²) in [7, 11) is 0. The lowest BCUT2D eigenvalue weighted by atomic mass is 10.2. The molecule has 0 aliphatic rings. The first-order chi connectivity index (χ1) is 7.22. The van der Waals surface area contributed by atoms with E-state index >= 15 is 0 Å². The Morgan fingerprint density at radius 2 is 2.20 bits per heavy atom. The first-order valence-electron chi connectivity index (χ1n) is 4.70. The number of benzene rings is 1. The number of aryl methyl sites for hydroxylation is 1. The maximum atomic E-state index is 11.1. The fraction of sp³-hybridized carbons (Fsp3) is 0.182. The standard InChI is InChI=1S/C11H12N2O2/c1-7-11(13-10(15)6-14)8-4-2-3-5-9(8)12-7/h2-5,12,14H,6H2,1H3,(H,13,15). The highest BCUT2D eigenvalue weighted by Crippen LogP contribution is 2.26. The van der Waals surface area contributed by atoms with E-state index in [-0.39, 0.29) is 0 Å². The minimum atomic E-state index is -0.501. The molecule has 0 aliphatic carbocycles. The van der Waals surface area contributed by atoms with E-state index in [1.807, 2.05) is 31.2 Å². The largest absolute Gasteiger partial charge is 0.387 e. The molecule has 15 heavy (non-hydrogen) atoms. The molecule has 0 bridgehead atoms. The van der Waals surface area contributed by atoms with Crippen molar-refractivity contribution in [2.45, 2.75) is 6.92 Å². The van der Waals surface area contributed by atoms with Crippen LogP contribution in [0, 0.1) is 6.92 Å². The van der Waals surface area contributed by atoms with Gasteiger partial charge in [0, 0.05) is 16.6 Å². The minimum Gasteiger partial charge on any atom is -0.387 e. The number of carbonyl (C=O) groups excluding carboxylic acids is 1. The Hall–Kier alpha value is -1.81. The van der Waals surface area contributed by atoms with Gasteiger partial charge in [0.25, 0.3) is 0 Å². The van der Waals surface area contributed by atoms with E-state index < -0.39 is 12.5 Å². The number of H-pyrrole nitrogens is 1. The molecule has 4 nitrogen and oxygen atoms in total. The summed E-state index contributed by atoms with van der Waals surface area (Å²) in [4.78, 5) is 14.3. The highest BCUT2D eigenvalue weighted by Gasteiger charge is 2.09. The van der Waals surface area contributed by atoms with E-state index in [1.54, 1.807) is 0 Å². The van der Waals surface area contributed by atoms with Gasteiger partial charge in [-0.05, 0) is 13.0 Å². The molecule has 0 saturated heterocycles. The van der Waals surface area contributed by atoms with Gasteiger partial charge < -0.3 is 15.4 Å². The number of aromatic amines is 1. The predicted octanol–water partition coefficient (Wildman–Crippen LogP) is 1.41. The van der Waals surface area contributed by atoms with E-state index in [4.69, 9.17) is 5.11 Å². The molecule has 0 unspecified atom stereocenters. The summed E-state index contributed by atoms with van der Waals surface area (Å²) in [6.45, 7) is 1.38. The van der Waals surface area contributed by atoms with E-state index in [9.17, 15) is 4.79 Å². The van der Waals surface area contributed by atoms with Crippen LogP contribution >= 0.6 is 0 Å². The fourth-order valence-corrected chi connectivity index (χ4v) is 1.62. The molecule has 1 aromatic heterocycles. The molecule has 4 heteroatoms. The average molecular weight is 204 g/mol. The number of fused-ring (bicyclic) bond motifs is 1. The van der Waals surface area contributed by atoms with E-state index in [1.165, 1.54) is 0 Å². The Kier molecular flexibility index (Phi) is 2.43. The molecule has 2 aromatic rings. The smallest absolute Gasteiger partial charge is 0.250 e. The number of nitrogens with one attached hydrogen (secondary N) is 2. The first-order valence-corrected chi connectivity index (χ1v) is 4.70. The Bertz CT molecular complexity index is 502. The maximum Gasteiger partial charge on any atom is 0.250 e. The molecule has 0 aliphatic heterocycles. The van der Waals surface area contributed by atoms with Crippen molar-refractivity contribution in [3.8, 4) is 0 Å². The summed E-state index contributed by atoms with van der Waals surface area (Å²) in [5, 5.41) is 12.3. The second kappa shape index (κ2) is 3.74. The topological polar surface area (TPSA) is 65.1 Å². The zero-order valence-corrected chi connectivity index (χ0v) is 8.37. The summed E-state index contributed by atoms with van der Waals surface area (Å²) in [5.41, 5.74) is 2.60. The van der Waals surface area contributed by atoms with Crippen molar-refractivity contribution in [2.75, 3.05) is 11.9 Å². The van der Waals surface area contributed by atoms with Crippen LogP contribution in [0.15, 0.2) is 24.3 Å². The Morgan fingerprint density at radius 1 is 1.47 bits per heavy atom. The lowest BCUT2D eigenvalue weighted by molar-refractivity contribution is -0.118. The Balaban J connectivity index is 2.49. The third-order valence-electron chi connectivity index (χ3n) is 2.30. The van der Waals surface area contributed by atoms with Crippen LogP contribution in [-0.2, 0) is 4.79 Å². The highest BCUT2D eigenvalue weighted by atomic mass is 16.3. The molecular weight excluding hydrogens is 192 g/mol. The lowest BCUT2D eigenvalue weighted by Crippen LogP contribution is -2.15. The van der Waals surface area contributed by atoms with Crippen LogP contribution in [-0.4, -0.2) is 22.6 Å². The molecule has 3 N–H and O–H groups in total. The lowest BCUT2D eigenvalue weighted by Gasteiger charge is -2.02. The number of anilines is 1. The summed E-state index contributed by atoms with van der Waals surface area (Å²) in [6.07, 6.45) is 0. The van der Waals surface area contributed by atoms with Crippen LogP contribution in [0.1, 0.15) is 5.69 Å². The molecular formula is C11H12N2O2. The SMILES string of the molecule is Cc1[nH]c2ccccc2c1NC(=O)CO. The number of rotatable bonds is 2. The van der Waals surface area contributed by atoms with Gasteiger partial charge in [-0.1, -0.05) is 18.2 Å². The number of amides is 1. The summed E-state index contributed by atoms with van der Waals surface area (Å²) in [5.74, 6) is -0.400. The van der Waals surface area contributed by atoms with Crippen molar-refractivity contribution in [3.63, 3.8) is 0 Å². The molecule has 1 aromatic carbocycles. The van der Waals surface area contributed by atoms with Crippen LogP contribution in [0.2, 0.25) is 0 Å². The second-order valence-corrected chi connectivity index (χ2v) is 3.38. The second-order valence-electron chi connectivity index (χ2n) is 3.38. The zero-order chi connectivity index (χ0) is 10.8. The number of aliphatic hydroxyl groups excluding tert-OH is 1. The number of para-hydroxylation sites is 1. The monoisotopic (exact) mass is 204 g/mol. The summed E-state index contributed by atoms with van der Waals surface area (Å²) < 4.78 is 0. The molecule has 2 rings (SSSR count). The minimum absolute atomic E-state index is 0.400. The first kappa shape index (κ1) is 9.73. The van der Waals surface area contributed by atoms with Crippen LogP contribution in [0.25, 0.3) is 10.9 Å². The van der Waals surface area contributed by atoms with Gasteiger partial charge in [-0.25, -0.2) is 0 Å². The molecule has 1 amide bonds. The van der Waals surface area contributed by atoms with Gasteiger partial charge in [-0.15, -0.1) is 0 Å². The van der Waals surface area contributed by atoms with Crippen LogP contribution in [0.5, 0.6) is 0 Å². The number of hydrogen-bond donors (Lipinski definition) is 3. The third-order valence-corrected chi connectivity index (χ3v) is 2.30. The van der Waals surface area contributed by atoms with Crippen LogP contribution in [0.3, 0.4) is 0 Å². The average Bonchev–Trinajstić information content (AvgIpc) is 2.55. The van der Waals surface area contributed by atoms with Gasteiger partial charge in [-0.2, -0.15) is 0 Å². The van der Waals surface area contributed by atoms with Crippen molar-refractivity contribution >= 4 is 22.5 Å². The summed E-state index contributed by atoms with van der Waals surface area (Å²) in [6, 6.07) is 7.70. The van der Waals surface area contributed by atoms with Gasteiger partial charge in [0.2, 0.25) is 5.91 Å². The predicted molar refractivity (Wildman–Crippen MR) is 58.8 cm³/mol. The number of hydrogen-bond acceptors (Lipinski definition) is 2. The van der Waals surface area contributed by atoms with Crippen LogP contribution in [0.4, 0.5) is 5.69 Å². The highest BCUT2D eigenvalue weighted by molar-refractivity contribution is 6.03. The van der Waals surface area contributed by atoms with Crippen molar-refractivity contribution in [2.24, 2.45) is 0 Å². The molecule has 0 spiro atoms. The van der Waals surface area contributed by atoms with Crippen molar-refractivity contribution in [1.82, 2.24) is 4.98 Å². The normalized spacial score (nSPS) is 10.5. The quantitative estimate of drug-likeness (QED) is 0.692. The zero-order valence-electron chi connectivity index (χ0n) is 8.37. The molecule has 0 saturated carbocycles. The molecule has 0 atom stereocenters. The van der Waals surface area contributed by atoms with Gasteiger partial charge in [0.05, 0.1) is 5.69 Å². The third kappa shape index (κ3) is 1.71. The molecule has 0 fully saturated rings. The van der Waals surface area contributed by atoms with Gasteiger partial charge in [0.1, 0.15) is 6.61 Å².